The number of nitrogens with zero attached hydrogens (tertiary/aromatic N) is 2. The summed E-state index contributed by atoms with van der Waals surface area (Å²) in [5.41, 5.74) is 0.909. The summed E-state index contributed by atoms with van der Waals surface area (Å²) in [6, 6.07) is 3.75. The minimum atomic E-state index is -0.524. The van der Waals surface area contributed by atoms with Gasteiger partial charge < -0.3 is 14.0 Å². The number of ether oxygens (including phenoxy) is 2. The van der Waals surface area contributed by atoms with Gasteiger partial charge in [-0.05, 0) is 19.1 Å². The maximum atomic E-state index is 11.7. The summed E-state index contributed by atoms with van der Waals surface area (Å²) in [5.74, 6) is -0.475. The number of carbonyl (C=O) groups excluding carboxylic acids is 2. The molecule has 1 aromatic heterocycles. The predicted octanol–water partition coefficient (Wildman–Crippen LogP) is 1.16. The molecule has 0 aliphatic heterocycles. The maximum absolute atomic E-state index is 11.7. The van der Waals surface area contributed by atoms with Gasteiger partial charge in [0.2, 0.25) is 0 Å². The molecule has 0 atom stereocenters. The highest BCUT2D eigenvalue weighted by atomic mass is 16.6. The zero-order chi connectivity index (χ0) is 13.5. The summed E-state index contributed by atoms with van der Waals surface area (Å²) in [6.07, 6.45) is 1.35. The van der Waals surface area contributed by atoms with E-state index < -0.39 is 12.1 Å². The van der Waals surface area contributed by atoms with Gasteiger partial charge in [0.25, 0.3) is 0 Å². The predicted molar refractivity (Wildman–Crippen MR) is 64.9 cm³/mol. The minimum Gasteiger partial charge on any atom is -0.468 e. The summed E-state index contributed by atoms with van der Waals surface area (Å²) in [6.45, 7) is 2.17. The Hall–Kier alpha value is -1.98. The highest BCUT2D eigenvalue weighted by Gasteiger charge is 2.19. The van der Waals surface area contributed by atoms with Gasteiger partial charge in [0.05, 0.1) is 20.3 Å². The highest BCUT2D eigenvalue weighted by molar-refractivity contribution is 5.77. The average molecular weight is 254 g/mol. The first-order valence-corrected chi connectivity index (χ1v) is 5.67. The normalized spacial score (nSPS) is 9.94. The minimum absolute atomic E-state index is 0.124. The third kappa shape index (κ3) is 3.80. The van der Waals surface area contributed by atoms with Crippen molar-refractivity contribution < 1.29 is 19.1 Å². The molecule has 0 spiro atoms. The fraction of sp³-hybridized carbons (Fsp3) is 0.500. The second kappa shape index (κ2) is 6.68. The van der Waals surface area contributed by atoms with Crippen LogP contribution in [0.4, 0.5) is 4.79 Å². The van der Waals surface area contributed by atoms with Gasteiger partial charge >= 0.3 is 12.1 Å². The van der Waals surface area contributed by atoms with Crippen molar-refractivity contribution in [1.82, 2.24) is 9.47 Å². The number of aryl methyl sites for hydroxylation is 1. The van der Waals surface area contributed by atoms with E-state index in [1.807, 2.05) is 29.9 Å². The number of hydrogen-bond donors (Lipinski definition) is 0. The molecule has 0 radical (unpaired) electrons. The summed E-state index contributed by atoms with van der Waals surface area (Å²) in [4.78, 5) is 24.3. The standard InChI is InChI=1S/C12H18N2O4/c1-4-18-12(16)14(9-11(15)17-3)8-10-6-5-7-13(10)2/h5-7H,4,8-9H2,1-3H3. The average Bonchev–Trinajstić information content (AvgIpc) is 2.74. The van der Waals surface area contributed by atoms with E-state index in [1.54, 1.807) is 6.92 Å². The van der Waals surface area contributed by atoms with Crippen molar-refractivity contribution in [3.05, 3.63) is 24.0 Å². The van der Waals surface area contributed by atoms with Crippen molar-refractivity contribution in [3.63, 3.8) is 0 Å². The molecule has 0 saturated heterocycles. The lowest BCUT2D eigenvalue weighted by Crippen LogP contribution is -2.36. The van der Waals surface area contributed by atoms with Crippen molar-refractivity contribution in [1.29, 1.82) is 0 Å². The van der Waals surface area contributed by atoms with Crippen LogP contribution in [0.5, 0.6) is 0 Å². The molecule has 6 heteroatoms. The number of methoxy groups -OCH3 is 1. The Morgan fingerprint density at radius 3 is 2.67 bits per heavy atom. The quantitative estimate of drug-likeness (QED) is 0.740. The Bertz CT molecular complexity index is 414. The second-order valence-electron chi connectivity index (χ2n) is 3.74. The molecule has 100 valence electrons. The van der Waals surface area contributed by atoms with E-state index in [0.29, 0.717) is 6.54 Å². The molecule has 0 aliphatic carbocycles. The first kappa shape index (κ1) is 14.1. The van der Waals surface area contributed by atoms with Crippen LogP contribution in [0, 0.1) is 0 Å². The molecule has 1 heterocycles. The lowest BCUT2D eigenvalue weighted by atomic mass is 10.4. The molecule has 0 N–H and O–H groups in total. The topological polar surface area (TPSA) is 60.8 Å². The molecule has 0 aliphatic rings. The van der Waals surface area contributed by atoms with Gasteiger partial charge in [-0.25, -0.2) is 4.79 Å². The first-order chi connectivity index (χ1) is 8.58. The van der Waals surface area contributed by atoms with Crippen molar-refractivity contribution in [2.75, 3.05) is 20.3 Å². The van der Waals surface area contributed by atoms with Gasteiger partial charge in [-0.3, -0.25) is 9.69 Å². The number of hydrogen-bond acceptors (Lipinski definition) is 4. The fourth-order valence-corrected chi connectivity index (χ4v) is 1.48. The van der Waals surface area contributed by atoms with E-state index in [2.05, 4.69) is 4.74 Å². The Balaban J connectivity index is 2.74. The summed E-state index contributed by atoms with van der Waals surface area (Å²) in [5, 5.41) is 0. The molecule has 0 saturated carbocycles. The van der Waals surface area contributed by atoms with E-state index in [9.17, 15) is 9.59 Å². The summed E-state index contributed by atoms with van der Waals surface area (Å²) >= 11 is 0. The number of rotatable bonds is 5. The number of aromatic nitrogens is 1. The maximum Gasteiger partial charge on any atom is 0.410 e. The molecule has 1 rings (SSSR count). The van der Waals surface area contributed by atoms with Crippen LogP contribution < -0.4 is 0 Å². The smallest absolute Gasteiger partial charge is 0.410 e. The van der Waals surface area contributed by atoms with Gasteiger partial charge in [-0.2, -0.15) is 0 Å². The van der Waals surface area contributed by atoms with E-state index in [0.717, 1.165) is 5.69 Å². The fourth-order valence-electron chi connectivity index (χ4n) is 1.48. The van der Waals surface area contributed by atoms with Crippen molar-refractivity contribution in [2.45, 2.75) is 13.5 Å². The first-order valence-electron chi connectivity index (χ1n) is 5.67. The Kier molecular flexibility index (Phi) is 5.23. The number of carbonyl (C=O) groups is 2. The van der Waals surface area contributed by atoms with Crippen molar-refractivity contribution in [3.8, 4) is 0 Å². The van der Waals surface area contributed by atoms with Crippen LogP contribution in [-0.4, -0.2) is 41.8 Å². The lowest BCUT2D eigenvalue weighted by Gasteiger charge is -2.20. The van der Waals surface area contributed by atoms with Crippen molar-refractivity contribution in [2.24, 2.45) is 7.05 Å². The third-order valence-corrected chi connectivity index (χ3v) is 2.48. The molecule has 0 fully saturated rings. The van der Waals surface area contributed by atoms with E-state index in [4.69, 9.17) is 4.74 Å². The largest absolute Gasteiger partial charge is 0.468 e. The molecular weight excluding hydrogens is 236 g/mol. The zero-order valence-corrected chi connectivity index (χ0v) is 10.9. The van der Waals surface area contributed by atoms with Crippen LogP contribution in [-0.2, 0) is 27.9 Å². The Morgan fingerprint density at radius 1 is 1.44 bits per heavy atom. The molecule has 1 aromatic rings. The highest BCUT2D eigenvalue weighted by Crippen LogP contribution is 2.07. The molecule has 18 heavy (non-hydrogen) atoms. The van der Waals surface area contributed by atoms with Crippen LogP contribution in [0.1, 0.15) is 12.6 Å². The van der Waals surface area contributed by atoms with Crippen molar-refractivity contribution >= 4 is 12.1 Å². The lowest BCUT2D eigenvalue weighted by molar-refractivity contribution is -0.141. The molecule has 0 bridgehead atoms. The summed E-state index contributed by atoms with van der Waals surface area (Å²) < 4.78 is 11.3. The van der Waals surface area contributed by atoms with Crippen LogP contribution in [0.3, 0.4) is 0 Å². The van der Waals surface area contributed by atoms with Crippen LogP contribution in [0.25, 0.3) is 0 Å². The monoisotopic (exact) mass is 254 g/mol. The Morgan fingerprint density at radius 2 is 2.17 bits per heavy atom. The molecule has 6 nitrogen and oxygen atoms in total. The molecule has 0 unspecified atom stereocenters. The number of amides is 1. The molecular formula is C12H18N2O4. The van der Waals surface area contributed by atoms with Gasteiger partial charge in [0.1, 0.15) is 6.54 Å². The molecule has 0 aromatic carbocycles. The van der Waals surface area contributed by atoms with Crippen LogP contribution in [0.2, 0.25) is 0 Å². The van der Waals surface area contributed by atoms with Gasteiger partial charge in [0, 0.05) is 18.9 Å². The van der Waals surface area contributed by atoms with E-state index in [1.165, 1.54) is 12.0 Å². The SMILES string of the molecule is CCOC(=O)N(CC(=O)OC)Cc1cccn1C. The Labute approximate surface area is 106 Å². The van der Waals surface area contributed by atoms with Crippen LogP contribution >= 0.6 is 0 Å². The zero-order valence-electron chi connectivity index (χ0n) is 10.9. The van der Waals surface area contributed by atoms with Gasteiger partial charge in [-0.1, -0.05) is 0 Å². The summed E-state index contributed by atoms with van der Waals surface area (Å²) in [7, 11) is 3.16. The molecule has 1 amide bonds. The van der Waals surface area contributed by atoms with E-state index in [-0.39, 0.29) is 13.2 Å². The third-order valence-electron chi connectivity index (χ3n) is 2.48. The van der Waals surface area contributed by atoms with Crippen LogP contribution in [0.15, 0.2) is 18.3 Å². The van der Waals surface area contributed by atoms with Gasteiger partial charge in [0.15, 0.2) is 0 Å². The second-order valence-corrected chi connectivity index (χ2v) is 3.74. The van der Waals surface area contributed by atoms with Gasteiger partial charge in [-0.15, -0.1) is 0 Å². The number of esters is 1. The van der Waals surface area contributed by atoms with E-state index >= 15 is 0 Å².